The monoisotopic (exact) mass is 559 g/mol. The molecular formula is C42H25NO. The Kier molecular flexibility index (Phi) is 4.75. The van der Waals surface area contributed by atoms with E-state index in [0.717, 1.165) is 17.1 Å². The van der Waals surface area contributed by atoms with Crippen LogP contribution < -0.4 is 4.74 Å². The molecule has 0 N–H and O–H groups in total. The Morgan fingerprint density at radius 1 is 0.364 bits per heavy atom. The Morgan fingerprint density at radius 3 is 1.93 bits per heavy atom. The molecule has 204 valence electrons. The molecule has 0 saturated heterocycles. The lowest BCUT2D eigenvalue weighted by atomic mass is 9.89. The Labute approximate surface area is 254 Å². The van der Waals surface area contributed by atoms with Crippen LogP contribution in [0.1, 0.15) is 0 Å². The van der Waals surface area contributed by atoms with E-state index < -0.39 is 0 Å². The smallest absolute Gasteiger partial charge is 0.135 e. The van der Waals surface area contributed by atoms with E-state index in [9.17, 15) is 0 Å². The summed E-state index contributed by atoms with van der Waals surface area (Å²) in [6, 6.07) is 54.8. The van der Waals surface area contributed by atoms with E-state index in [-0.39, 0.29) is 0 Å². The highest BCUT2D eigenvalue weighted by Gasteiger charge is 2.24. The maximum atomic E-state index is 6.45. The molecule has 1 aromatic heterocycles. The first-order chi connectivity index (χ1) is 21.8. The van der Waals surface area contributed by atoms with E-state index in [0.29, 0.717) is 0 Å². The Morgan fingerprint density at radius 2 is 1.02 bits per heavy atom. The van der Waals surface area contributed by atoms with Gasteiger partial charge in [-0.25, -0.2) is 0 Å². The molecule has 0 saturated carbocycles. The van der Waals surface area contributed by atoms with Crippen LogP contribution in [0.25, 0.3) is 82.1 Å². The molecule has 1 aliphatic heterocycles. The minimum absolute atomic E-state index is 0.910. The number of hydrogen-bond donors (Lipinski definition) is 0. The molecule has 0 spiro atoms. The molecule has 9 aromatic rings. The van der Waals surface area contributed by atoms with Crippen LogP contribution >= 0.6 is 0 Å². The molecule has 0 bridgehead atoms. The van der Waals surface area contributed by atoms with Crippen molar-refractivity contribution in [2.24, 2.45) is 0 Å². The third kappa shape index (κ3) is 3.14. The van der Waals surface area contributed by atoms with E-state index >= 15 is 0 Å². The van der Waals surface area contributed by atoms with E-state index in [1.54, 1.807) is 0 Å². The number of para-hydroxylation sites is 1. The summed E-state index contributed by atoms with van der Waals surface area (Å²) in [4.78, 5) is 0. The lowest BCUT2D eigenvalue weighted by Gasteiger charge is -2.22. The van der Waals surface area contributed by atoms with Crippen molar-refractivity contribution in [2.45, 2.75) is 0 Å². The predicted molar refractivity (Wildman–Crippen MR) is 184 cm³/mol. The second-order valence-electron chi connectivity index (χ2n) is 11.7. The lowest BCUT2D eigenvalue weighted by Crippen LogP contribution is -1.98. The first kappa shape index (κ1) is 23.7. The third-order valence-corrected chi connectivity index (χ3v) is 9.37. The average Bonchev–Trinajstić information content (AvgIpc) is 3.43. The van der Waals surface area contributed by atoms with Crippen LogP contribution in [0.5, 0.6) is 11.5 Å². The van der Waals surface area contributed by atoms with Crippen molar-refractivity contribution in [1.82, 2.24) is 4.57 Å². The average molecular weight is 560 g/mol. The van der Waals surface area contributed by atoms with Gasteiger partial charge in [-0.05, 0) is 57.1 Å². The van der Waals surface area contributed by atoms with Crippen LogP contribution in [0.3, 0.4) is 0 Å². The second-order valence-corrected chi connectivity index (χ2v) is 11.7. The summed E-state index contributed by atoms with van der Waals surface area (Å²) in [6.07, 6.45) is 0. The molecule has 10 rings (SSSR count). The number of fused-ring (bicyclic) bond motifs is 8. The van der Waals surface area contributed by atoms with Gasteiger partial charge in [-0.3, -0.25) is 0 Å². The van der Waals surface area contributed by atoms with Crippen molar-refractivity contribution in [3.63, 3.8) is 0 Å². The van der Waals surface area contributed by atoms with Gasteiger partial charge in [-0.2, -0.15) is 0 Å². The fourth-order valence-electron chi connectivity index (χ4n) is 7.52. The first-order valence-electron chi connectivity index (χ1n) is 15.1. The zero-order valence-corrected chi connectivity index (χ0v) is 23.8. The van der Waals surface area contributed by atoms with Crippen molar-refractivity contribution in [3.8, 4) is 39.4 Å². The Balaban J connectivity index is 1.36. The molecule has 8 aromatic carbocycles. The van der Waals surface area contributed by atoms with Gasteiger partial charge >= 0.3 is 0 Å². The fraction of sp³-hybridized carbons (Fsp3) is 0. The van der Waals surface area contributed by atoms with Crippen molar-refractivity contribution in [3.05, 3.63) is 152 Å². The molecule has 0 amide bonds. The van der Waals surface area contributed by atoms with Gasteiger partial charge < -0.3 is 9.30 Å². The van der Waals surface area contributed by atoms with Gasteiger partial charge in [-0.15, -0.1) is 0 Å². The molecule has 1 aliphatic rings. The fourth-order valence-corrected chi connectivity index (χ4v) is 7.52. The van der Waals surface area contributed by atoms with Crippen molar-refractivity contribution in [1.29, 1.82) is 0 Å². The second kappa shape index (κ2) is 8.82. The number of nitrogens with zero attached hydrogens (tertiary/aromatic N) is 1. The van der Waals surface area contributed by atoms with E-state index in [2.05, 4.69) is 150 Å². The highest BCUT2D eigenvalue weighted by atomic mass is 16.5. The minimum Gasteiger partial charge on any atom is -0.456 e. The number of hydrogen-bond acceptors (Lipinski definition) is 1. The van der Waals surface area contributed by atoms with Gasteiger partial charge in [0.15, 0.2) is 0 Å². The summed E-state index contributed by atoms with van der Waals surface area (Å²) in [6.45, 7) is 0. The topological polar surface area (TPSA) is 14.2 Å². The molecule has 0 fully saturated rings. The predicted octanol–water partition coefficient (Wildman–Crippen LogP) is 11.7. The number of aromatic nitrogens is 1. The SMILES string of the molecule is c1ccc2c(c1)Oc1ccc(-c3cccc4c3c3ccc5ccccc5c3n4-c3cccc4ccccc34)c3cccc-2c13. The van der Waals surface area contributed by atoms with Gasteiger partial charge in [0.25, 0.3) is 0 Å². The van der Waals surface area contributed by atoms with Crippen LogP contribution in [0.15, 0.2) is 152 Å². The minimum atomic E-state index is 0.910. The molecule has 0 aliphatic carbocycles. The standard InChI is InChI=1S/C42H25NO/c1-3-13-28-26(10-1)12-7-19-36(28)43-37-20-9-18-32(40(37)35-23-22-27-11-2-4-14-29(27)42(35)43)30-24-25-39-41-33(30)16-8-17-34(41)31-15-5-6-21-38(31)44-39/h1-25H. The van der Waals surface area contributed by atoms with Gasteiger partial charge in [0.2, 0.25) is 0 Å². The van der Waals surface area contributed by atoms with E-state index in [1.807, 2.05) is 6.07 Å². The van der Waals surface area contributed by atoms with E-state index in [4.69, 9.17) is 4.74 Å². The maximum Gasteiger partial charge on any atom is 0.135 e. The maximum absolute atomic E-state index is 6.45. The molecule has 0 radical (unpaired) electrons. The summed E-state index contributed by atoms with van der Waals surface area (Å²) >= 11 is 0. The highest BCUT2D eigenvalue weighted by Crippen LogP contribution is 2.50. The third-order valence-electron chi connectivity index (χ3n) is 9.37. The molecule has 2 heteroatoms. The Hall–Kier alpha value is -5.86. The first-order valence-corrected chi connectivity index (χ1v) is 15.1. The normalized spacial score (nSPS) is 12.3. The van der Waals surface area contributed by atoms with Crippen molar-refractivity contribution >= 4 is 54.1 Å². The van der Waals surface area contributed by atoms with Crippen molar-refractivity contribution < 1.29 is 4.74 Å². The summed E-state index contributed by atoms with van der Waals surface area (Å²) in [5, 5.41) is 9.86. The van der Waals surface area contributed by atoms with Crippen LogP contribution in [-0.2, 0) is 0 Å². The zero-order valence-electron chi connectivity index (χ0n) is 23.8. The number of rotatable bonds is 2. The van der Waals surface area contributed by atoms with Crippen LogP contribution in [0, 0.1) is 0 Å². The number of ether oxygens (including phenoxy) is 1. The largest absolute Gasteiger partial charge is 0.456 e. The molecule has 44 heavy (non-hydrogen) atoms. The summed E-state index contributed by atoms with van der Waals surface area (Å²) < 4.78 is 8.93. The molecule has 0 atom stereocenters. The van der Waals surface area contributed by atoms with Crippen LogP contribution in [0.4, 0.5) is 0 Å². The zero-order chi connectivity index (χ0) is 28.8. The number of benzene rings is 8. The van der Waals surface area contributed by atoms with Gasteiger partial charge in [-0.1, -0.05) is 127 Å². The Bertz CT molecular complexity index is 2640. The molecule has 2 heterocycles. The van der Waals surface area contributed by atoms with Gasteiger partial charge in [0, 0.05) is 32.5 Å². The summed E-state index contributed by atoms with van der Waals surface area (Å²) in [5.41, 5.74) is 8.43. The molecular weight excluding hydrogens is 534 g/mol. The van der Waals surface area contributed by atoms with Crippen LogP contribution in [-0.4, -0.2) is 4.57 Å². The van der Waals surface area contributed by atoms with E-state index in [1.165, 1.54) is 76.5 Å². The summed E-state index contributed by atoms with van der Waals surface area (Å²) in [7, 11) is 0. The quantitative estimate of drug-likeness (QED) is 0.205. The van der Waals surface area contributed by atoms with Crippen LogP contribution in [0.2, 0.25) is 0 Å². The molecule has 0 unspecified atom stereocenters. The lowest BCUT2D eigenvalue weighted by molar-refractivity contribution is 0.487. The van der Waals surface area contributed by atoms with Crippen molar-refractivity contribution in [2.75, 3.05) is 0 Å². The molecule has 2 nitrogen and oxygen atoms in total. The van der Waals surface area contributed by atoms with Gasteiger partial charge in [0.1, 0.15) is 11.5 Å². The van der Waals surface area contributed by atoms with Gasteiger partial charge in [0.05, 0.1) is 16.7 Å². The highest BCUT2D eigenvalue weighted by molar-refractivity contribution is 6.24. The summed E-state index contributed by atoms with van der Waals surface area (Å²) in [5.74, 6) is 1.82.